The molecule has 0 unspecified atom stereocenters. The fourth-order valence-electron chi connectivity index (χ4n) is 1.91. The lowest BCUT2D eigenvalue weighted by Gasteiger charge is -2.10. The van der Waals surface area contributed by atoms with Gasteiger partial charge in [0.2, 0.25) is 10.0 Å². The molecule has 8 heteroatoms. The Morgan fingerprint density at radius 1 is 1.21 bits per heavy atom. The molecule has 0 saturated carbocycles. The minimum atomic E-state index is -3.43. The Kier molecular flexibility index (Phi) is 6.94. The second-order valence-electron chi connectivity index (χ2n) is 4.73. The maximum Gasteiger partial charge on any atom is 0.233 e. The van der Waals surface area contributed by atoms with E-state index in [2.05, 4.69) is 33.9 Å². The van der Waals surface area contributed by atoms with Crippen LogP contribution in [0.2, 0.25) is 10.0 Å². The Bertz CT molecular complexity index is 856. The summed E-state index contributed by atoms with van der Waals surface area (Å²) < 4.78 is 31.4. The molecule has 0 heterocycles. The third kappa shape index (κ3) is 5.35. The monoisotopic (exact) mass is 497 g/mol. The first kappa shape index (κ1) is 19.5. The van der Waals surface area contributed by atoms with Crippen molar-refractivity contribution >= 4 is 55.8 Å². The van der Waals surface area contributed by atoms with Crippen molar-refractivity contribution in [1.29, 1.82) is 0 Å². The summed E-state index contributed by atoms with van der Waals surface area (Å²) in [5.41, 5.74) is 1.88. The molecule has 2 aromatic rings. The van der Waals surface area contributed by atoms with E-state index in [9.17, 15) is 8.42 Å². The molecule has 0 fully saturated rings. The summed E-state index contributed by atoms with van der Waals surface area (Å²) in [4.78, 5) is 0. The van der Waals surface area contributed by atoms with E-state index in [1.54, 1.807) is 12.1 Å². The molecule has 4 nitrogen and oxygen atoms in total. The molecule has 0 atom stereocenters. The average Bonchev–Trinajstić information content (AvgIpc) is 2.55. The molecule has 0 bridgehead atoms. The van der Waals surface area contributed by atoms with Gasteiger partial charge in [0, 0.05) is 15.5 Å². The topological polar surface area (TPSA) is 55.4 Å². The minimum absolute atomic E-state index is 0.156. The summed E-state index contributed by atoms with van der Waals surface area (Å²) in [5, 5.41) is 1.85. The summed E-state index contributed by atoms with van der Waals surface area (Å²) >= 11 is 14.3. The first-order valence-electron chi connectivity index (χ1n) is 6.82. The lowest BCUT2D eigenvalue weighted by atomic mass is 10.1. The number of nitrogens with one attached hydrogen (secondary N) is 1. The van der Waals surface area contributed by atoms with Crippen LogP contribution in [0.4, 0.5) is 0 Å². The van der Waals surface area contributed by atoms with Gasteiger partial charge < -0.3 is 4.74 Å². The van der Waals surface area contributed by atoms with E-state index in [0.717, 1.165) is 20.1 Å². The number of rotatable bonds is 7. The first-order valence-corrected chi connectivity index (χ1v) is 10.2. The molecule has 0 spiro atoms. The number of ether oxygens (including phenoxy) is 1. The Balaban J connectivity index is 2.10. The quantitative estimate of drug-likeness (QED) is 0.342. The predicted octanol–water partition coefficient (Wildman–Crippen LogP) is 4.71. The molecule has 0 aliphatic heterocycles. The third-order valence-corrected chi connectivity index (χ3v) is 5.71. The smallest absolute Gasteiger partial charge is 0.233 e. The Labute approximate surface area is 165 Å². The molecule has 1 N–H and O–H groups in total. The van der Waals surface area contributed by atoms with Crippen molar-refractivity contribution in [2.75, 3.05) is 13.2 Å². The number of halogens is 3. The zero-order valence-corrected chi connectivity index (χ0v) is 16.9. The maximum atomic E-state index is 11.2. The van der Waals surface area contributed by atoms with Crippen LogP contribution in [0.1, 0.15) is 0 Å². The lowest BCUT2D eigenvalue weighted by Crippen LogP contribution is -2.26. The molecule has 0 aromatic heterocycles. The van der Waals surface area contributed by atoms with Crippen molar-refractivity contribution in [3.05, 3.63) is 62.0 Å². The van der Waals surface area contributed by atoms with Gasteiger partial charge in [0.1, 0.15) is 12.4 Å². The van der Waals surface area contributed by atoms with Gasteiger partial charge in [0.05, 0.1) is 10.0 Å². The van der Waals surface area contributed by atoms with Gasteiger partial charge in [-0.05, 0) is 58.0 Å². The van der Waals surface area contributed by atoms with Gasteiger partial charge in [0.25, 0.3) is 0 Å². The summed E-state index contributed by atoms with van der Waals surface area (Å²) in [5.74, 6) is 0.632. The van der Waals surface area contributed by atoms with Crippen LogP contribution in [0.3, 0.4) is 0 Å². The van der Waals surface area contributed by atoms with E-state index in [1.807, 2.05) is 24.3 Å². The maximum absolute atomic E-state index is 11.2. The highest BCUT2D eigenvalue weighted by Gasteiger charge is 2.09. The molecule has 0 amide bonds. The van der Waals surface area contributed by atoms with E-state index in [4.69, 9.17) is 27.9 Å². The minimum Gasteiger partial charge on any atom is -0.492 e. The largest absolute Gasteiger partial charge is 0.492 e. The standard InChI is InChI=1S/C16H14Cl2INO3S/c1-2-24(21,22)20-6-7-23-12-5-3-4-11(8-12)13-9-14(17)15(18)10-16(13)19/h2-5,8-10,20H,1,6-7H2. The van der Waals surface area contributed by atoms with Crippen LogP contribution in [0.15, 0.2) is 48.4 Å². The van der Waals surface area contributed by atoms with Crippen LogP contribution in [-0.4, -0.2) is 21.6 Å². The predicted molar refractivity (Wildman–Crippen MR) is 107 cm³/mol. The van der Waals surface area contributed by atoms with Crippen molar-refractivity contribution in [3.63, 3.8) is 0 Å². The van der Waals surface area contributed by atoms with Crippen molar-refractivity contribution in [1.82, 2.24) is 4.72 Å². The van der Waals surface area contributed by atoms with E-state index in [0.29, 0.717) is 15.8 Å². The Hall–Kier alpha value is -0.800. The molecule has 0 aliphatic carbocycles. The van der Waals surface area contributed by atoms with Gasteiger partial charge in [-0.15, -0.1) is 0 Å². The zero-order valence-electron chi connectivity index (χ0n) is 12.4. The van der Waals surface area contributed by atoms with Gasteiger partial charge in [-0.1, -0.05) is 41.9 Å². The normalized spacial score (nSPS) is 11.3. The van der Waals surface area contributed by atoms with E-state index in [-0.39, 0.29) is 13.2 Å². The van der Waals surface area contributed by atoms with Crippen LogP contribution in [0.5, 0.6) is 5.75 Å². The molecule has 0 radical (unpaired) electrons. The molecule has 2 aromatic carbocycles. The van der Waals surface area contributed by atoms with Crippen LogP contribution in [-0.2, 0) is 10.0 Å². The number of hydrogen-bond donors (Lipinski definition) is 1. The van der Waals surface area contributed by atoms with Gasteiger partial charge in [-0.3, -0.25) is 0 Å². The molecular formula is C16H14Cl2INO3S. The highest BCUT2D eigenvalue weighted by atomic mass is 127. The first-order chi connectivity index (χ1) is 11.3. The van der Waals surface area contributed by atoms with Crippen molar-refractivity contribution < 1.29 is 13.2 Å². The van der Waals surface area contributed by atoms with E-state index < -0.39 is 10.0 Å². The third-order valence-electron chi connectivity index (χ3n) is 3.05. The molecule has 24 heavy (non-hydrogen) atoms. The summed E-state index contributed by atoms with van der Waals surface area (Å²) in [6.07, 6.45) is 0. The molecule has 128 valence electrons. The van der Waals surface area contributed by atoms with Gasteiger partial charge in [-0.25, -0.2) is 13.1 Å². The van der Waals surface area contributed by atoms with Crippen LogP contribution in [0, 0.1) is 3.57 Å². The zero-order chi connectivity index (χ0) is 17.7. The number of benzene rings is 2. The number of hydrogen-bond acceptors (Lipinski definition) is 3. The average molecular weight is 498 g/mol. The molecule has 0 saturated heterocycles. The summed E-state index contributed by atoms with van der Waals surface area (Å²) in [6, 6.07) is 11.1. The van der Waals surface area contributed by atoms with Crippen LogP contribution < -0.4 is 9.46 Å². The second kappa shape index (κ2) is 8.53. The van der Waals surface area contributed by atoms with Crippen molar-refractivity contribution in [2.45, 2.75) is 0 Å². The van der Waals surface area contributed by atoms with E-state index >= 15 is 0 Å². The summed E-state index contributed by atoms with van der Waals surface area (Å²) in [6.45, 7) is 3.58. The summed E-state index contributed by atoms with van der Waals surface area (Å²) in [7, 11) is -3.43. The fraction of sp³-hybridized carbons (Fsp3) is 0.125. The lowest BCUT2D eigenvalue weighted by molar-refractivity contribution is 0.323. The Morgan fingerprint density at radius 2 is 1.92 bits per heavy atom. The van der Waals surface area contributed by atoms with Gasteiger partial charge >= 0.3 is 0 Å². The van der Waals surface area contributed by atoms with Crippen LogP contribution >= 0.6 is 45.8 Å². The second-order valence-corrected chi connectivity index (χ2v) is 8.42. The Morgan fingerprint density at radius 3 is 2.62 bits per heavy atom. The van der Waals surface area contributed by atoms with Gasteiger partial charge in [0.15, 0.2) is 0 Å². The van der Waals surface area contributed by atoms with Crippen molar-refractivity contribution in [3.8, 4) is 16.9 Å². The number of sulfonamides is 1. The fourth-order valence-corrected chi connectivity index (χ4v) is 3.68. The van der Waals surface area contributed by atoms with Gasteiger partial charge in [-0.2, -0.15) is 0 Å². The SMILES string of the molecule is C=CS(=O)(=O)NCCOc1cccc(-c2cc(Cl)c(Cl)cc2I)c1. The molecular weight excluding hydrogens is 484 g/mol. The van der Waals surface area contributed by atoms with Crippen LogP contribution in [0.25, 0.3) is 11.1 Å². The molecule has 0 aliphatic rings. The highest BCUT2D eigenvalue weighted by Crippen LogP contribution is 2.34. The highest BCUT2D eigenvalue weighted by molar-refractivity contribution is 14.1. The molecule has 2 rings (SSSR count). The van der Waals surface area contributed by atoms with Crippen molar-refractivity contribution in [2.24, 2.45) is 0 Å². The van der Waals surface area contributed by atoms with E-state index in [1.165, 1.54) is 0 Å².